The van der Waals surface area contributed by atoms with Crippen molar-refractivity contribution in [1.29, 1.82) is 0 Å². The summed E-state index contributed by atoms with van der Waals surface area (Å²) in [6.07, 6.45) is 0. The lowest BCUT2D eigenvalue weighted by atomic mass is 10.3. The normalized spacial score (nSPS) is 12.9. The highest BCUT2D eigenvalue weighted by molar-refractivity contribution is 6.21. The van der Waals surface area contributed by atoms with Crippen molar-refractivity contribution in [3.05, 3.63) is 24.3 Å². The summed E-state index contributed by atoms with van der Waals surface area (Å²) < 4.78 is 10.6. The Morgan fingerprint density at radius 1 is 1.47 bits per heavy atom. The zero-order chi connectivity index (χ0) is 12.3. The van der Waals surface area contributed by atoms with Crippen molar-refractivity contribution in [3.63, 3.8) is 0 Å². The predicted octanol–water partition coefficient (Wildman–Crippen LogP) is 2.52. The van der Waals surface area contributed by atoms with E-state index in [9.17, 15) is 0 Å². The van der Waals surface area contributed by atoms with Gasteiger partial charge in [0.1, 0.15) is 5.52 Å². The predicted molar refractivity (Wildman–Crippen MR) is 68.8 cm³/mol. The minimum atomic E-state index is -0.0833. The standard InChI is InChI=1S/C12H15ClN2O2/c1-15(7-9(13)8-16-2)12-14-10-5-3-4-6-11(10)17-12/h3-6,9H,7-8H2,1-2H3. The second-order valence-electron chi connectivity index (χ2n) is 3.90. The first kappa shape index (κ1) is 12.2. The van der Waals surface area contributed by atoms with Gasteiger partial charge in [-0.3, -0.25) is 0 Å². The highest BCUT2D eigenvalue weighted by atomic mass is 35.5. The van der Waals surface area contributed by atoms with Gasteiger partial charge in [0.05, 0.1) is 12.0 Å². The molecule has 17 heavy (non-hydrogen) atoms. The summed E-state index contributed by atoms with van der Waals surface area (Å²) in [5.41, 5.74) is 1.64. The van der Waals surface area contributed by atoms with E-state index in [1.165, 1.54) is 0 Å². The minimum absolute atomic E-state index is 0.0833. The molecule has 0 N–H and O–H groups in total. The van der Waals surface area contributed by atoms with E-state index in [-0.39, 0.29) is 5.38 Å². The van der Waals surface area contributed by atoms with Crippen LogP contribution in [0.25, 0.3) is 11.1 Å². The lowest BCUT2D eigenvalue weighted by Crippen LogP contribution is -2.28. The lowest BCUT2D eigenvalue weighted by molar-refractivity contribution is 0.198. The molecule has 0 spiro atoms. The summed E-state index contributed by atoms with van der Waals surface area (Å²) in [4.78, 5) is 6.27. The van der Waals surface area contributed by atoms with Crippen LogP contribution in [-0.4, -0.2) is 37.7 Å². The second kappa shape index (κ2) is 5.38. The maximum Gasteiger partial charge on any atom is 0.298 e. The molecule has 0 aliphatic rings. The number of hydrogen-bond acceptors (Lipinski definition) is 4. The van der Waals surface area contributed by atoms with E-state index in [1.54, 1.807) is 7.11 Å². The van der Waals surface area contributed by atoms with Gasteiger partial charge in [0.25, 0.3) is 6.01 Å². The summed E-state index contributed by atoms with van der Waals surface area (Å²) in [7, 11) is 3.53. The number of rotatable bonds is 5. The number of hydrogen-bond donors (Lipinski definition) is 0. The van der Waals surface area contributed by atoms with Crippen LogP contribution in [0.4, 0.5) is 6.01 Å². The van der Waals surface area contributed by atoms with Gasteiger partial charge in [-0.1, -0.05) is 12.1 Å². The minimum Gasteiger partial charge on any atom is -0.423 e. The molecule has 0 saturated carbocycles. The van der Waals surface area contributed by atoms with Crippen LogP contribution in [0.5, 0.6) is 0 Å². The fourth-order valence-electron chi connectivity index (χ4n) is 1.63. The molecule has 1 heterocycles. The third kappa shape index (κ3) is 2.90. The number of nitrogens with zero attached hydrogens (tertiary/aromatic N) is 2. The molecule has 92 valence electrons. The number of benzene rings is 1. The van der Waals surface area contributed by atoms with E-state index in [4.69, 9.17) is 20.8 Å². The fraction of sp³-hybridized carbons (Fsp3) is 0.417. The van der Waals surface area contributed by atoms with Crippen molar-refractivity contribution >= 4 is 28.7 Å². The van der Waals surface area contributed by atoms with Crippen molar-refractivity contribution in [1.82, 2.24) is 4.98 Å². The van der Waals surface area contributed by atoms with Crippen LogP contribution < -0.4 is 4.90 Å². The van der Waals surface area contributed by atoms with Crippen LogP contribution in [-0.2, 0) is 4.74 Å². The molecule has 1 aromatic heterocycles. The highest BCUT2D eigenvalue weighted by Crippen LogP contribution is 2.21. The van der Waals surface area contributed by atoms with E-state index in [1.807, 2.05) is 36.2 Å². The van der Waals surface area contributed by atoms with Crippen molar-refractivity contribution in [3.8, 4) is 0 Å². The molecule has 0 bridgehead atoms. The Morgan fingerprint density at radius 3 is 2.94 bits per heavy atom. The molecule has 0 aliphatic carbocycles. The van der Waals surface area contributed by atoms with Crippen LogP contribution in [0.2, 0.25) is 0 Å². The summed E-state index contributed by atoms with van der Waals surface area (Å²) in [5, 5.41) is -0.0833. The van der Waals surface area contributed by atoms with Crippen molar-refractivity contribution in [2.24, 2.45) is 0 Å². The van der Waals surface area contributed by atoms with Crippen LogP contribution in [0, 0.1) is 0 Å². The molecule has 5 heteroatoms. The zero-order valence-electron chi connectivity index (χ0n) is 9.89. The molecule has 4 nitrogen and oxygen atoms in total. The molecule has 1 atom stereocenters. The topological polar surface area (TPSA) is 38.5 Å². The third-order valence-electron chi connectivity index (χ3n) is 2.43. The molecular formula is C12H15ClN2O2. The number of oxazole rings is 1. The van der Waals surface area contributed by atoms with Gasteiger partial charge in [0, 0.05) is 20.7 Å². The Balaban J connectivity index is 2.10. The molecule has 2 rings (SSSR count). The maximum atomic E-state index is 6.09. The molecule has 0 amide bonds. The Morgan fingerprint density at radius 2 is 2.24 bits per heavy atom. The maximum absolute atomic E-state index is 6.09. The van der Waals surface area contributed by atoms with Crippen molar-refractivity contribution in [2.75, 3.05) is 32.2 Å². The van der Waals surface area contributed by atoms with E-state index >= 15 is 0 Å². The van der Waals surface area contributed by atoms with E-state index in [0.717, 1.165) is 11.1 Å². The summed E-state index contributed by atoms with van der Waals surface area (Å²) in [6.45, 7) is 1.13. The van der Waals surface area contributed by atoms with Gasteiger partial charge in [-0.15, -0.1) is 11.6 Å². The number of alkyl halides is 1. The molecule has 1 aromatic carbocycles. The number of fused-ring (bicyclic) bond motifs is 1. The van der Waals surface area contributed by atoms with Crippen LogP contribution in [0.1, 0.15) is 0 Å². The van der Waals surface area contributed by atoms with Crippen molar-refractivity contribution < 1.29 is 9.15 Å². The monoisotopic (exact) mass is 254 g/mol. The number of halogens is 1. The number of para-hydroxylation sites is 2. The molecule has 1 unspecified atom stereocenters. The van der Waals surface area contributed by atoms with Gasteiger partial charge in [0.2, 0.25) is 0 Å². The van der Waals surface area contributed by atoms with Gasteiger partial charge >= 0.3 is 0 Å². The van der Waals surface area contributed by atoms with E-state index < -0.39 is 0 Å². The van der Waals surface area contributed by atoms with Gasteiger partial charge in [-0.25, -0.2) is 0 Å². The molecule has 0 saturated heterocycles. The van der Waals surface area contributed by atoms with Gasteiger partial charge in [-0.2, -0.15) is 4.98 Å². The number of ether oxygens (including phenoxy) is 1. The number of anilines is 1. The first-order chi connectivity index (χ1) is 8.20. The number of aromatic nitrogens is 1. The van der Waals surface area contributed by atoms with Gasteiger partial charge < -0.3 is 14.1 Å². The van der Waals surface area contributed by atoms with Crippen LogP contribution >= 0.6 is 11.6 Å². The summed E-state index contributed by atoms with van der Waals surface area (Å²) >= 11 is 6.09. The van der Waals surface area contributed by atoms with E-state index in [0.29, 0.717) is 19.2 Å². The quantitative estimate of drug-likeness (QED) is 0.769. The first-order valence-electron chi connectivity index (χ1n) is 5.40. The molecule has 0 radical (unpaired) electrons. The Hall–Kier alpha value is -1.26. The number of methoxy groups -OCH3 is 1. The average molecular weight is 255 g/mol. The molecule has 0 fully saturated rings. The second-order valence-corrected chi connectivity index (χ2v) is 4.51. The largest absolute Gasteiger partial charge is 0.423 e. The Bertz CT molecular complexity index is 453. The molecule has 2 aromatic rings. The Kier molecular flexibility index (Phi) is 3.86. The van der Waals surface area contributed by atoms with Crippen LogP contribution in [0.15, 0.2) is 28.7 Å². The van der Waals surface area contributed by atoms with Gasteiger partial charge in [0.15, 0.2) is 5.58 Å². The van der Waals surface area contributed by atoms with Gasteiger partial charge in [-0.05, 0) is 12.1 Å². The third-order valence-corrected chi connectivity index (χ3v) is 2.69. The highest BCUT2D eigenvalue weighted by Gasteiger charge is 2.13. The van der Waals surface area contributed by atoms with Crippen molar-refractivity contribution in [2.45, 2.75) is 5.38 Å². The fourth-order valence-corrected chi connectivity index (χ4v) is 1.97. The SMILES string of the molecule is COCC(Cl)CN(C)c1nc2ccccc2o1. The molecule has 0 aliphatic heterocycles. The smallest absolute Gasteiger partial charge is 0.298 e. The lowest BCUT2D eigenvalue weighted by Gasteiger charge is -2.17. The summed E-state index contributed by atoms with van der Waals surface area (Å²) in [6, 6.07) is 8.25. The summed E-state index contributed by atoms with van der Waals surface area (Å²) in [5.74, 6) is 0. The Labute approximate surface area is 105 Å². The van der Waals surface area contributed by atoms with E-state index in [2.05, 4.69) is 4.98 Å². The first-order valence-corrected chi connectivity index (χ1v) is 5.84. The molecular weight excluding hydrogens is 240 g/mol. The zero-order valence-corrected chi connectivity index (χ0v) is 10.6. The van der Waals surface area contributed by atoms with Crippen LogP contribution in [0.3, 0.4) is 0 Å². The average Bonchev–Trinajstić information content (AvgIpc) is 2.72.